The molecule has 14 rings (SSSR count). The lowest BCUT2D eigenvalue weighted by molar-refractivity contribution is 0.669. The first-order valence-corrected chi connectivity index (χ1v) is 24.7. The van der Waals surface area contributed by atoms with Crippen LogP contribution in [0.5, 0.6) is 0 Å². The highest BCUT2D eigenvalue weighted by molar-refractivity contribution is 6.17. The van der Waals surface area contributed by atoms with Gasteiger partial charge in [0.05, 0.1) is 0 Å². The first-order valence-electron chi connectivity index (χ1n) is 24.7. The number of furan rings is 1. The van der Waals surface area contributed by atoms with Gasteiger partial charge in [-0.15, -0.1) is 0 Å². The SMILES string of the molecule is c1ccc(-c2ccc(-c3ccc4oc5ccc(-c6ccc7ccccc7c6)c(-c6ccc7cc(-c8nc(-c9ccc(-c%10ccccc%10)cc9)nc(-c9ccc%10ccccc%10c9)n8)ccc7c6)c5c4c3)cc2)cc1. The van der Waals surface area contributed by atoms with Crippen LogP contribution in [0.3, 0.4) is 0 Å². The summed E-state index contributed by atoms with van der Waals surface area (Å²) in [5.41, 5.74) is 16.0. The summed E-state index contributed by atoms with van der Waals surface area (Å²) >= 11 is 0. The fraction of sp³-hybridized carbons (Fsp3) is 0. The zero-order valence-electron chi connectivity index (χ0n) is 39.6. The van der Waals surface area contributed by atoms with Crippen LogP contribution in [0.1, 0.15) is 0 Å². The second kappa shape index (κ2) is 17.6. The van der Waals surface area contributed by atoms with Crippen LogP contribution in [0.15, 0.2) is 265 Å². The minimum absolute atomic E-state index is 0.616. The van der Waals surface area contributed by atoms with E-state index in [1.165, 1.54) is 27.3 Å². The quantitative estimate of drug-likeness (QED) is 0.152. The largest absolute Gasteiger partial charge is 0.456 e. The lowest BCUT2D eigenvalue weighted by atomic mass is 9.88. The van der Waals surface area contributed by atoms with Gasteiger partial charge < -0.3 is 4.42 Å². The molecule has 0 atom stereocenters. The number of nitrogens with zero attached hydrogens (tertiary/aromatic N) is 3. The molecule has 0 aliphatic rings. The summed E-state index contributed by atoms with van der Waals surface area (Å²) in [4.78, 5) is 15.5. The Morgan fingerprint density at radius 3 is 1.18 bits per heavy atom. The summed E-state index contributed by atoms with van der Waals surface area (Å²) in [6.45, 7) is 0. The van der Waals surface area contributed by atoms with Gasteiger partial charge in [-0.25, -0.2) is 15.0 Å². The van der Waals surface area contributed by atoms with E-state index in [1.807, 2.05) is 6.07 Å². The number of hydrogen-bond acceptors (Lipinski definition) is 4. The molecule has 73 heavy (non-hydrogen) atoms. The highest BCUT2D eigenvalue weighted by atomic mass is 16.3. The Labute approximate surface area is 422 Å². The zero-order valence-corrected chi connectivity index (χ0v) is 39.6. The van der Waals surface area contributed by atoms with Crippen LogP contribution in [0.4, 0.5) is 0 Å². The van der Waals surface area contributed by atoms with Gasteiger partial charge in [0.25, 0.3) is 0 Å². The number of aromatic nitrogens is 3. The third-order valence-corrected chi connectivity index (χ3v) is 14.3. The molecule has 4 nitrogen and oxygen atoms in total. The molecule has 0 saturated heterocycles. The molecule has 0 unspecified atom stereocenters. The number of fused-ring (bicyclic) bond motifs is 6. The van der Waals surface area contributed by atoms with E-state index in [0.29, 0.717) is 17.5 Å². The van der Waals surface area contributed by atoms with Gasteiger partial charge in [-0.2, -0.15) is 0 Å². The predicted molar refractivity (Wildman–Crippen MR) is 303 cm³/mol. The molecule has 12 aromatic carbocycles. The molecule has 0 saturated carbocycles. The van der Waals surface area contributed by atoms with E-state index < -0.39 is 0 Å². The molecule has 0 radical (unpaired) electrons. The van der Waals surface area contributed by atoms with Gasteiger partial charge in [0.15, 0.2) is 17.5 Å². The highest BCUT2D eigenvalue weighted by Gasteiger charge is 2.20. The van der Waals surface area contributed by atoms with Crippen molar-refractivity contribution in [3.8, 4) is 89.8 Å². The van der Waals surface area contributed by atoms with Crippen molar-refractivity contribution in [2.75, 3.05) is 0 Å². The maximum absolute atomic E-state index is 6.71. The normalized spacial score (nSPS) is 11.6. The molecule has 0 fully saturated rings. The van der Waals surface area contributed by atoms with E-state index in [9.17, 15) is 0 Å². The molecule has 0 amide bonds. The van der Waals surface area contributed by atoms with E-state index in [2.05, 4.69) is 255 Å². The second-order valence-electron chi connectivity index (χ2n) is 18.8. The summed E-state index contributed by atoms with van der Waals surface area (Å²) in [5, 5.41) is 9.07. The van der Waals surface area contributed by atoms with Crippen molar-refractivity contribution < 1.29 is 4.42 Å². The summed E-state index contributed by atoms with van der Waals surface area (Å²) < 4.78 is 6.71. The maximum atomic E-state index is 6.71. The van der Waals surface area contributed by atoms with Gasteiger partial charge in [0.1, 0.15) is 11.2 Å². The topological polar surface area (TPSA) is 51.8 Å². The Morgan fingerprint density at radius 2 is 0.603 bits per heavy atom. The van der Waals surface area contributed by atoms with Crippen molar-refractivity contribution in [1.82, 2.24) is 15.0 Å². The molecule has 0 N–H and O–H groups in total. The molecule has 0 aliphatic carbocycles. The van der Waals surface area contributed by atoms with Crippen LogP contribution < -0.4 is 0 Å². The molecule has 0 bridgehead atoms. The Balaban J connectivity index is 0.900. The maximum Gasteiger partial charge on any atom is 0.164 e. The fourth-order valence-corrected chi connectivity index (χ4v) is 10.5. The summed E-state index contributed by atoms with van der Waals surface area (Å²) in [5.74, 6) is 1.87. The van der Waals surface area contributed by atoms with Crippen LogP contribution in [0.25, 0.3) is 144 Å². The molecule has 0 spiro atoms. The van der Waals surface area contributed by atoms with Crippen molar-refractivity contribution in [2.24, 2.45) is 0 Å². The van der Waals surface area contributed by atoms with Gasteiger partial charge in [0.2, 0.25) is 0 Å². The first-order chi connectivity index (χ1) is 36.1. The molecule has 4 heteroatoms. The van der Waals surface area contributed by atoms with Gasteiger partial charge in [-0.1, -0.05) is 218 Å². The fourth-order valence-electron chi connectivity index (χ4n) is 10.5. The number of hydrogen-bond donors (Lipinski definition) is 0. The van der Waals surface area contributed by atoms with Crippen LogP contribution in [-0.2, 0) is 0 Å². The Kier molecular flexibility index (Phi) is 10.1. The van der Waals surface area contributed by atoms with Crippen LogP contribution in [0, 0.1) is 0 Å². The summed E-state index contributed by atoms with van der Waals surface area (Å²) in [6, 6.07) is 92.7. The molecule has 2 aromatic heterocycles. The summed E-state index contributed by atoms with van der Waals surface area (Å²) in [6.07, 6.45) is 0. The van der Waals surface area contributed by atoms with Crippen LogP contribution in [0.2, 0.25) is 0 Å². The van der Waals surface area contributed by atoms with Crippen molar-refractivity contribution in [3.63, 3.8) is 0 Å². The van der Waals surface area contributed by atoms with E-state index in [4.69, 9.17) is 19.4 Å². The minimum atomic E-state index is 0.616. The van der Waals surface area contributed by atoms with Crippen LogP contribution >= 0.6 is 0 Å². The lowest BCUT2D eigenvalue weighted by Crippen LogP contribution is -2.00. The van der Waals surface area contributed by atoms with Gasteiger partial charge in [-0.3, -0.25) is 0 Å². The molecule has 340 valence electrons. The molecular weight excluding hydrogens is 887 g/mol. The molecule has 0 aliphatic heterocycles. The van der Waals surface area contributed by atoms with Gasteiger partial charge in [-0.05, 0) is 125 Å². The number of rotatable bonds is 8. The zero-order chi connectivity index (χ0) is 48.2. The lowest BCUT2D eigenvalue weighted by Gasteiger charge is -2.14. The third kappa shape index (κ3) is 7.79. The van der Waals surface area contributed by atoms with Gasteiger partial charge >= 0.3 is 0 Å². The predicted octanol–water partition coefficient (Wildman–Crippen LogP) is 18.6. The smallest absolute Gasteiger partial charge is 0.164 e. The van der Waals surface area contributed by atoms with E-state index in [1.54, 1.807) is 0 Å². The van der Waals surface area contributed by atoms with Gasteiger partial charge in [0, 0.05) is 33.0 Å². The Morgan fingerprint density at radius 1 is 0.233 bits per heavy atom. The average Bonchev–Trinajstić information content (AvgIpc) is 3.85. The van der Waals surface area contributed by atoms with Crippen LogP contribution in [-0.4, -0.2) is 15.0 Å². The summed E-state index contributed by atoms with van der Waals surface area (Å²) in [7, 11) is 0. The second-order valence-corrected chi connectivity index (χ2v) is 18.8. The van der Waals surface area contributed by atoms with E-state index >= 15 is 0 Å². The van der Waals surface area contributed by atoms with Crippen molar-refractivity contribution >= 4 is 54.3 Å². The van der Waals surface area contributed by atoms with E-state index in [-0.39, 0.29) is 0 Å². The highest BCUT2D eigenvalue weighted by Crippen LogP contribution is 2.45. The third-order valence-electron chi connectivity index (χ3n) is 14.3. The monoisotopic (exact) mass is 929 g/mol. The molecule has 14 aromatic rings. The van der Waals surface area contributed by atoms with Crippen molar-refractivity contribution in [1.29, 1.82) is 0 Å². The standard InChI is InChI=1S/C69H43N3O/c1-3-11-44(12-4-1)48-19-21-50(22-20-48)56-35-37-63-62(43-56)66-64(73-63)38-36-61(57-31-25-46-15-7-9-17-52(46)39-57)65(66)58-32-29-55-42-60(34-30-54(55)40-58)69-71-67(51-27-23-49(24-28-51)45-13-5-2-6-14-45)70-68(72-69)59-33-26-47-16-8-10-18-53(47)41-59/h1-43H. The Bertz CT molecular complexity index is 4410. The van der Waals surface area contributed by atoms with Crippen molar-refractivity contribution in [2.45, 2.75) is 0 Å². The Hall–Kier alpha value is -9.77. The van der Waals surface area contributed by atoms with E-state index in [0.717, 1.165) is 99.3 Å². The minimum Gasteiger partial charge on any atom is -0.456 e. The molecular formula is C69H43N3O. The van der Waals surface area contributed by atoms with Crippen molar-refractivity contribution in [3.05, 3.63) is 261 Å². The molecule has 2 heterocycles. The first kappa shape index (κ1) is 42.1. The average molecular weight is 930 g/mol. The number of benzene rings is 12.